The van der Waals surface area contributed by atoms with Gasteiger partial charge in [-0.15, -0.1) is 6.42 Å². The maximum atomic E-state index is 13.6. The lowest BCUT2D eigenvalue weighted by Gasteiger charge is -2.72. The van der Waals surface area contributed by atoms with E-state index in [1.807, 2.05) is 0 Å². The highest BCUT2D eigenvalue weighted by atomic mass is 16.5. The second-order valence-corrected chi connectivity index (χ2v) is 15.0. The first-order valence-corrected chi connectivity index (χ1v) is 14.7. The lowest BCUT2D eigenvalue weighted by atomic mass is 9.32. The summed E-state index contributed by atoms with van der Waals surface area (Å²) in [5.41, 5.74) is 1.53. The molecule has 1 N–H and O–H groups in total. The number of rotatable bonds is 3. The summed E-state index contributed by atoms with van der Waals surface area (Å²) in [6.45, 7) is 19.1. The van der Waals surface area contributed by atoms with Gasteiger partial charge in [0.15, 0.2) is 6.61 Å². The molecule has 36 heavy (non-hydrogen) atoms. The molecule has 0 aromatic heterocycles. The first kappa shape index (κ1) is 26.3. The highest BCUT2D eigenvalue weighted by Gasteiger charge is 2.72. The van der Waals surface area contributed by atoms with E-state index >= 15 is 0 Å². The van der Waals surface area contributed by atoms with E-state index in [0.717, 1.165) is 38.5 Å². The van der Waals surface area contributed by atoms with Gasteiger partial charge in [0.05, 0.1) is 11.5 Å². The largest absolute Gasteiger partial charge is 0.452 e. The minimum absolute atomic E-state index is 0.0227. The van der Waals surface area contributed by atoms with Crippen LogP contribution in [-0.2, 0) is 9.53 Å². The van der Waals surface area contributed by atoms with Crippen molar-refractivity contribution in [2.75, 3.05) is 6.61 Å². The van der Waals surface area contributed by atoms with Crippen molar-refractivity contribution >= 4 is 5.97 Å². The first-order chi connectivity index (χ1) is 16.8. The molecule has 10 atom stereocenters. The van der Waals surface area contributed by atoms with Gasteiger partial charge in [-0.3, -0.25) is 4.79 Å². The lowest BCUT2D eigenvalue weighted by molar-refractivity contribution is -0.248. The summed E-state index contributed by atoms with van der Waals surface area (Å²) in [5, 5.41) is 11.0. The number of aliphatic hydroxyl groups is 1. The molecule has 0 bridgehead atoms. The minimum atomic E-state index is -0.397. The van der Waals surface area contributed by atoms with Crippen LogP contribution in [0.1, 0.15) is 106 Å². The molecule has 5 rings (SSSR count). The zero-order valence-electron chi connectivity index (χ0n) is 23.8. The van der Waals surface area contributed by atoms with Crippen LogP contribution in [0.3, 0.4) is 0 Å². The summed E-state index contributed by atoms with van der Waals surface area (Å²) in [5.74, 6) is 4.93. The van der Waals surface area contributed by atoms with Crippen LogP contribution in [0.25, 0.3) is 0 Å². The number of terminal acetylenes is 1. The summed E-state index contributed by atoms with van der Waals surface area (Å²) in [6, 6.07) is 0. The Balaban J connectivity index is 1.54. The third kappa shape index (κ3) is 3.18. The number of allylic oxidation sites excluding steroid dienone is 1. The third-order valence-corrected chi connectivity index (χ3v) is 13.7. The first-order valence-electron chi connectivity index (χ1n) is 14.7. The Hall–Kier alpha value is -1.27. The van der Waals surface area contributed by atoms with Crippen LogP contribution in [0.5, 0.6) is 0 Å². The van der Waals surface area contributed by atoms with Crippen LogP contribution in [0.2, 0.25) is 0 Å². The molecule has 5 saturated carbocycles. The fraction of sp³-hybridized carbons (Fsp3) is 0.848. The number of fused-ring (bicyclic) bond motifs is 7. The van der Waals surface area contributed by atoms with Gasteiger partial charge in [-0.05, 0) is 122 Å². The quantitative estimate of drug-likeness (QED) is 0.257. The lowest BCUT2D eigenvalue weighted by Crippen LogP contribution is -2.67. The fourth-order valence-corrected chi connectivity index (χ4v) is 11.7. The smallest absolute Gasteiger partial charge is 0.313 e. The van der Waals surface area contributed by atoms with E-state index in [9.17, 15) is 9.90 Å². The van der Waals surface area contributed by atoms with Gasteiger partial charge in [0.2, 0.25) is 0 Å². The molecule has 200 valence electrons. The van der Waals surface area contributed by atoms with Crippen molar-refractivity contribution in [2.45, 2.75) is 112 Å². The Morgan fingerprint density at radius 2 is 1.67 bits per heavy atom. The molecule has 3 heteroatoms. The fourth-order valence-electron chi connectivity index (χ4n) is 11.7. The van der Waals surface area contributed by atoms with Gasteiger partial charge >= 0.3 is 5.97 Å². The van der Waals surface area contributed by atoms with E-state index < -0.39 is 5.41 Å². The predicted octanol–water partition coefficient (Wildman–Crippen LogP) is 7.18. The van der Waals surface area contributed by atoms with Crippen LogP contribution in [0, 0.1) is 69.0 Å². The second-order valence-electron chi connectivity index (χ2n) is 15.0. The Morgan fingerprint density at radius 3 is 2.33 bits per heavy atom. The molecule has 1 unspecified atom stereocenters. The van der Waals surface area contributed by atoms with E-state index in [0.29, 0.717) is 29.6 Å². The number of ether oxygens (including phenoxy) is 1. The normalized spacial score (nSPS) is 51.1. The minimum Gasteiger partial charge on any atom is -0.452 e. The van der Waals surface area contributed by atoms with E-state index in [1.54, 1.807) is 0 Å². The molecule has 3 nitrogen and oxygen atoms in total. The van der Waals surface area contributed by atoms with E-state index in [4.69, 9.17) is 11.2 Å². The highest BCUT2D eigenvalue weighted by Crippen LogP contribution is 2.77. The van der Waals surface area contributed by atoms with Gasteiger partial charge in [0, 0.05) is 0 Å². The Bertz CT molecular complexity index is 974. The van der Waals surface area contributed by atoms with Crippen LogP contribution in [-0.4, -0.2) is 23.8 Å². The van der Waals surface area contributed by atoms with Crippen molar-refractivity contribution in [1.29, 1.82) is 0 Å². The van der Waals surface area contributed by atoms with Crippen LogP contribution in [0.4, 0.5) is 0 Å². The number of aliphatic hydroxyl groups excluding tert-OH is 1. The molecule has 5 aliphatic carbocycles. The number of esters is 1. The molecule has 0 aromatic rings. The molecule has 0 spiro atoms. The molecule has 0 radical (unpaired) electrons. The van der Waals surface area contributed by atoms with Gasteiger partial charge in [0.1, 0.15) is 0 Å². The number of carbonyl (C=O) groups is 1. The summed E-state index contributed by atoms with van der Waals surface area (Å²) in [6.07, 6.45) is 16.2. The van der Waals surface area contributed by atoms with Gasteiger partial charge in [0.25, 0.3) is 0 Å². The summed E-state index contributed by atoms with van der Waals surface area (Å²) < 4.78 is 5.70. The average Bonchev–Trinajstić information content (AvgIpc) is 3.22. The standard InChI is InChI=1S/C33H50O3/c1-9-20-36-28(35)33-17-12-22(21(2)3)27(33)23-10-11-25-30(6)15-14-26(34)29(4,5)24(30)13-16-32(25,8)31(23,7)18-19-33/h1,22-27,34H,2,10-20H2,3-8H3/t22-,23?,24-,25+,26-,27+,30-,31+,32+,33-/m0/s1. The summed E-state index contributed by atoms with van der Waals surface area (Å²) in [4.78, 5) is 13.6. The highest BCUT2D eigenvalue weighted by molar-refractivity contribution is 5.78. The zero-order chi connectivity index (χ0) is 26.3. The summed E-state index contributed by atoms with van der Waals surface area (Å²) in [7, 11) is 0. The van der Waals surface area contributed by atoms with Gasteiger partial charge in [-0.2, -0.15) is 0 Å². The monoisotopic (exact) mass is 494 g/mol. The van der Waals surface area contributed by atoms with Crippen molar-refractivity contribution in [3.05, 3.63) is 12.2 Å². The van der Waals surface area contributed by atoms with Crippen molar-refractivity contribution in [3.63, 3.8) is 0 Å². The van der Waals surface area contributed by atoms with E-state index in [-0.39, 0.29) is 40.3 Å². The van der Waals surface area contributed by atoms with Gasteiger partial charge < -0.3 is 9.84 Å². The van der Waals surface area contributed by atoms with E-state index in [1.165, 1.54) is 31.3 Å². The topological polar surface area (TPSA) is 46.5 Å². The number of hydrogen-bond acceptors (Lipinski definition) is 3. The molecule has 0 amide bonds. The molecule has 0 saturated heterocycles. The SMILES string of the molecule is C#CCOC(=O)[C@]12CC[C@@H](C(=C)C)[C@@H]1C1CC[C@@H]3[C@@]4(C)CC[C@H](O)C(C)(C)[C@@H]4CC[C@@]3(C)[C@]1(C)CC2. The van der Waals surface area contributed by atoms with E-state index in [2.05, 4.69) is 54.0 Å². The Morgan fingerprint density at radius 1 is 0.944 bits per heavy atom. The average molecular weight is 495 g/mol. The van der Waals surface area contributed by atoms with Crippen LogP contribution in [0.15, 0.2) is 12.2 Å². The molecular formula is C33H50O3. The Kier molecular flexibility index (Phi) is 6.12. The second kappa shape index (κ2) is 8.36. The van der Waals surface area contributed by atoms with Crippen LogP contribution < -0.4 is 0 Å². The van der Waals surface area contributed by atoms with Crippen molar-refractivity contribution in [1.82, 2.24) is 0 Å². The van der Waals surface area contributed by atoms with Crippen molar-refractivity contribution in [3.8, 4) is 12.3 Å². The molecular weight excluding hydrogens is 444 g/mol. The summed E-state index contributed by atoms with van der Waals surface area (Å²) >= 11 is 0. The maximum absolute atomic E-state index is 13.6. The maximum Gasteiger partial charge on any atom is 0.313 e. The molecule has 5 fully saturated rings. The Labute approximate surface area is 220 Å². The van der Waals surface area contributed by atoms with Crippen molar-refractivity contribution < 1.29 is 14.6 Å². The number of hydrogen-bond donors (Lipinski definition) is 1. The molecule has 0 aromatic carbocycles. The third-order valence-electron chi connectivity index (χ3n) is 13.7. The molecule has 5 aliphatic rings. The van der Waals surface area contributed by atoms with Crippen LogP contribution >= 0.6 is 0 Å². The zero-order valence-corrected chi connectivity index (χ0v) is 23.8. The van der Waals surface area contributed by atoms with Crippen molar-refractivity contribution in [2.24, 2.45) is 56.7 Å². The van der Waals surface area contributed by atoms with Gasteiger partial charge in [-0.1, -0.05) is 52.7 Å². The predicted molar refractivity (Wildman–Crippen MR) is 145 cm³/mol. The van der Waals surface area contributed by atoms with Gasteiger partial charge in [-0.25, -0.2) is 0 Å². The number of carbonyl (C=O) groups excluding carboxylic acids is 1. The molecule has 0 heterocycles. The molecule has 0 aliphatic heterocycles.